The Bertz CT molecular complexity index is 1170. The molecule has 0 aliphatic heterocycles. The van der Waals surface area contributed by atoms with E-state index in [1.165, 1.54) is 24.3 Å². The molecule has 2 aromatic rings. The average Bonchev–Trinajstić information content (AvgIpc) is 3.13. The first-order valence-electron chi connectivity index (χ1n) is 11.0. The van der Waals surface area contributed by atoms with Crippen LogP contribution in [-0.2, 0) is 9.63 Å². The van der Waals surface area contributed by atoms with E-state index in [4.69, 9.17) is 9.57 Å². The first kappa shape index (κ1) is 23.4. The Morgan fingerprint density at radius 3 is 2.26 bits per heavy atom. The lowest BCUT2D eigenvalue weighted by atomic mass is 9.64. The Morgan fingerprint density at radius 1 is 1.03 bits per heavy atom. The molecule has 2 aromatic carbocycles. The van der Waals surface area contributed by atoms with Crippen LogP contribution in [0.4, 0.5) is 11.4 Å². The van der Waals surface area contributed by atoms with Crippen LogP contribution in [0.3, 0.4) is 0 Å². The molecule has 0 radical (unpaired) electrons. The number of nitrogens with one attached hydrogen (secondary N) is 1. The van der Waals surface area contributed by atoms with E-state index in [1.807, 2.05) is 13.8 Å². The molecule has 4 rings (SSSR count). The highest BCUT2D eigenvalue weighted by atomic mass is 16.7. The van der Waals surface area contributed by atoms with Crippen LogP contribution < -0.4 is 10.1 Å². The number of nitro groups is 1. The minimum Gasteiger partial charge on any atom is -0.497 e. The fraction of sp³-hybridized carbons (Fsp3) is 0.400. The van der Waals surface area contributed by atoms with Gasteiger partial charge in [-0.1, -0.05) is 25.9 Å². The zero-order chi connectivity index (χ0) is 24.7. The average molecular weight is 466 g/mol. The highest BCUT2D eigenvalue weighted by Crippen LogP contribution is 2.71. The predicted octanol–water partition coefficient (Wildman–Crippen LogP) is 4.97. The Balaban J connectivity index is 1.54. The van der Waals surface area contributed by atoms with Gasteiger partial charge >= 0.3 is 5.97 Å². The molecule has 9 nitrogen and oxygen atoms in total. The fourth-order valence-corrected chi connectivity index (χ4v) is 5.32. The minimum atomic E-state index is -0.741. The molecule has 0 saturated heterocycles. The van der Waals surface area contributed by atoms with Crippen molar-refractivity contribution in [2.75, 3.05) is 12.4 Å². The summed E-state index contributed by atoms with van der Waals surface area (Å²) in [5.74, 6) is -0.114. The number of non-ortho nitro benzene ring substituents is 1. The zero-order valence-electron chi connectivity index (χ0n) is 19.6. The molecule has 1 N–H and O–H groups in total. The maximum Gasteiger partial charge on any atom is 0.365 e. The molecule has 2 aliphatic carbocycles. The van der Waals surface area contributed by atoms with Crippen molar-refractivity contribution in [1.29, 1.82) is 0 Å². The van der Waals surface area contributed by atoms with Crippen molar-refractivity contribution < 1.29 is 24.1 Å². The van der Waals surface area contributed by atoms with Crippen LogP contribution >= 0.6 is 0 Å². The lowest BCUT2D eigenvalue weighted by Crippen LogP contribution is -2.43. The number of methoxy groups -OCH3 is 1. The summed E-state index contributed by atoms with van der Waals surface area (Å²) < 4.78 is 5.10. The first-order chi connectivity index (χ1) is 16.0. The maximum absolute atomic E-state index is 13.5. The molecule has 2 atom stereocenters. The van der Waals surface area contributed by atoms with Crippen molar-refractivity contribution in [2.24, 2.45) is 21.4 Å². The van der Waals surface area contributed by atoms with Crippen LogP contribution in [0.25, 0.3) is 0 Å². The highest BCUT2D eigenvalue weighted by molar-refractivity contribution is 6.06. The van der Waals surface area contributed by atoms with E-state index in [-0.39, 0.29) is 11.6 Å². The predicted molar refractivity (Wildman–Crippen MR) is 126 cm³/mol. The van der Waals surface area contributed by atoms with Gasteiger partial charge in [-0.25, -0.2) is 4.79 Å². The normalized spacial score (nSPS) is 25.7. The summed E-state index contributed by atoms with van der Waals surface area (Å²) in [5, 5.41) is 18.1. The number of oxime groups is 1. The molecule has 2 aliphatic rings. The summed E-state index contributed by atoms with van der Waals surface area (Å²) in [7, 11) is 1.55. The molecule has 9 heteroatoms. The summed E-state index contributed by atoms with van der Waals surface area (Å²) in [6.45, 7) is 6.15. The molecule has 1 amide bonds. The molecule has 178 valence electrons. The van der Waals surface area contributed by atoms with E-state index in [1.54, 1.807) is 31.4 Å². The molecular weight excluding hydrogens is 438 g/mol. The van der Waals surface area contributed by atoms with Crippen LogP contribution in [0.15, 0.2) is 53.7 Å². The van der Waals surface area contributed by atoms with E-state index in [0.717, 1.165) is 6.42 Å². The van der Waals surface area contributed by atoms with Gasteiger partial charge in [0.2, 0.25) is 5.91 Å². The summed E-state index contributed by atoms with van der Waals surface area (Å²) in [6, 6.07) is 12.3. The molecule has 2 saturated carbocycles. The number of fused-ring (bicyclic) bond motifs is 2. The molecular formula is C25H27N3O6. The third-order valence-corrected chi connectivity index (χ3v) is 8.07. The fourth-order valence-electron chi connectivity index (χ4n) is 5.32. The second-order valence-corrected chi connectivity index (χ2v) is 9.62. The number of carbonyl (C=O) groups excluding carboxylic acids is 2. The largest absolute Gasteiger partial charge is 0.497 e. The molecule has 2 fully saturated rings. The number of hydrogen-bond donors (Lipinski definition) is 1. The van der Waals surface area contributed by atoms with Gasteiger partial charge in [-0.3, -0.25) is 14.9 Å². The Hall–Kier alpha value is -3.75. The number of carbonyl (C=O) groups is 2. The van der Waals surface area contributed by atoms with Crippen LogP contribution in [0, 0.1) is 26.4 Å². The number of ether oxygens (including phenoxy) is 1. The van der Waals surface area contributed by atoms with Crippen LogP contribution in [0.2, 0.25) is 0 Å². The van der Waals surface area contributed by atoms with Gasteiger partial charge in [-0.15, -0.1) is 0 Å². The van der Waals surface area contributed by atoms with Crippen LogP contribution in [0.5, 0.6) is 5.75 Å². The third-order valence-electron chi connectivity index (χ3n) is 8.07. The maximum atomic E-state index is 13.5. The SMILES string of the molecule is COc1ccc(C(=O)O/N=C2\CC3(C(=O)Nc4ccc([N+](=O)[O-])cc4)CCC2(C)C3(C)C)cc1. The molecule has 0 heterocycles. The Kier molecular flexibility index (Phi) is 5.67. The smallest absolute Gasteiger partial charge is 0.365 e. The number of benzene rings is 2. The standard InChI is InChI=1S/C25H27N3O6/c1-23(2)24(3)13-14-25(23,22(30)26-17-7-9-18(10-8-17)28(31)32)15-20(24)27-34-21(29)16-5-11-19(33-4)12-6-16/h5-12H,13-15H2,1-4H3,(H,26,30)/b27-20+. The lowest BCUT2D eigenvalue weighted by molar-refractivity contribution is -0.384. The third kappa shape index (κ3) is 3.52. The topological polar surface area (TPSA) is 120 Å². The second-order valence-electron chi connectivity index (χ2n) is 9.62. The number of anilines is 1. The van der Waals surface area contributed by atoms with Gasteiger partial charge in [0.15, 0.2) is 0 Å². The van der Waals surface area contributed by atoms with Gasteiger partial charge < -0.3 is 14.9 Å². The highest BCUT2D eigenvalue weighted by Gasteiger charge is 2.71. The van der Waals surface area contributed by atoms with E-state index in [9.17, 15) is 19.7 Å². The monoisotopic (exact) mass is 465 g/mol. The second kappa shape index (κ2) is 8.23. The van der Waals surface area contributed by atoms with Gasteiger partial charge in [-0.05, 0) is 54.7 Å². The van der Waals surface area contributed by atoms with Gasteiger partial charge in [0.25, 0.3) is 5.69 Å². The quantitative estimate of drug-likeness (QED) is 0.365. The lowest BCUT2D eigenvalue weighted by Gasteiger charge is -2.39. The van der Waals surface area contributed by atoms with Gasteiger partial charge in [0.05, 0.1) is 28.7 Å². The van der Waals surface area contributed by atoms with E-state index in [2.05, 4.69) is 17.4 Å². The summed E-state index contributed by atoms with van der Waals surface area (Å²) in [5.41, 5.74) is -0.122. The van der Waals surface area contributed by atoms with Crippen LogP contribution in [-0.4, -0.2) is 29.6 Å². The minimum absolute atomic E-state index is 0.0427. The number of nitro benzene ring substituents is 1. The van der Waals surface area contributed by atoms with Gasteiger partial charge in [-0.2, -0.15) is 0 Å². The van der Waals surface area contributed by atoms with Crippen LogP contribution in [0.1, 0.15) is 50.4 Å². The van der Waals surface area contributed by atoms with E-state index in [0.29, 0.717) is 35.6 Å². The molecule has 2 unspecified atom stereocenters. The van der Waals surface area contributed by atoms with Crippen molar-refractivity contribution in [3.8, 4) is 5.75 Å². The number of nitrogens with zero attached hydrogens (tertiary/aromatic N) is 2. The van der Waals surface area contributed by atoms with Crippen molar-refractivity contribution in [3.63, 3.8) is 0 Å². The molecule has 0 aromatic heterocycles. The van der Waals surface area contributed by atoms with Crippen molar-refractivity contribution in [2.45, 2.75) is 40.0 Å². The molecule has 2 bridgehead atoms. The molecule has 34 heavy (non-hydrogen) atoms. The summed E-state index contributed by atoms with van der Waals surface area (Å²) in [6.07, 6.45) is 1.76. The summed E-state index contributed by atoms with van der Waals surface area (Å²) >= 11 is 0. The van der Waals surface area contributed by atoms with E-state index < -0.39 is 27.1 Å². The zero-order valence-corrected chi connectivity index (χ0v) is 19.6. The first-order valence-corrected chi connectivity index (χ1v) is 11.0. The Morgan fingerprint density at radius 2 is 1.68 bits per heavy atom. The van der Waals surface area contributed by atoms with Crippen molar-refractivity contribution in [3.05, 3.63) is 64.2 Å². The van der Waals surface area contributed by atoms with Crippen molar-refractivity contribution in [1.82, 2.24) is 0 Å². The number of hydrogen-bond acceptors (Lipinski definition) is 7. The summed E-state index contributed by atoms with van der Waals surface area (Å²) in [4.78, 5) is 41.7. The Labute approximate surface area is 197 Å². The number of amides is 1. The van der Waals surface area contributed by atoms with Gasteiger partial charge in [0.1, 0.15) is 5.75 Å². The van der Waals surface area contributed by atoms with Crippen molar-refractivity contribution >= 4 is 29.0 Å². The van der Waals surface area contributed by atoms with E-state index >= 15 is 0 Å². The van der Waals surface area contributed by atoms with Gasteiger partial charge in [0, 0.05) is 29.7 Å². The number of rotatable bonds is 6. The molecule has 0 spiro atoms.